The molecule has 3 fully saturated rings. The molecule has 15 atom stereocenters. The van der Waals surface area contributed by atoms with E-state index in [1.165, 1.54) is 12.0 Å². The van der Waals surface area contributed by atoms with Crippen LogP contribution in [-0.2, 0) is 47.7 Å². The van der Waals surface area contributed by atoms with Crippen molar-refractivity contribution in [3.8, 4) is 0 Å². The highest BCUT2D eigenvalue weighted by atomic mass is 16.5. The summed E-state index contributed by atoms with van der Waals surface area (Å²) in [6, 6.07) is -2.03. The molecule has 0 aromatic carbocycles. The first-order valence-electron chi connectivity index (χ1n) is 25.9. The molecule has 68 heavy (non-hydrogen) atoms. The van der Waals surface area contributed by atoms with Crippen molar-refractivity contribution < 1.29 is 52.8 Å². The third kappa shape index (κ3) is 16.4. The molecule has 384 valence electrons. The molecular formula is C55H88N2O11. The molecule has 1 amide bonds. The SMILES string of the molecule is CC[C@@H]1C[C@H](C[C@@H](C)[C@@H]2CC(=O)[C@H](N)/C=C(\C)[C@@H](C)C(OC)C(=O)C(C)C[C@H](C)/C=C/C=C/C=C(\C)C(OC)C[C@@H]3CC[C@@H](C)C(OC3)C(=O)C(=O)N3CCCCC3C(=O)O2)CCC1OCCO. The number of aliphatic hydroxyl groups excluding tert-OH is 1. The van der Waals surface area contributed by atoms with Crippen molar-refractivity contribution in [2.45, 2.75) is 181 Å². The number of carbonyl (C=O) groups is 5. The number of allylic oxidation sites excluding steroid dienone is 5. The van der Waals surface area contributed by atoms with Crippen LogP contribution in [0.1, 0.15) is 139 Å². The van der Waals surface area contributed by atoms with Gasteiger partial charge in [-0.2, -0.15) is 0 Å². The van der Waals surface area contributed by atoms with Gasteiger partial charge in [0.25, 0.3) is 5.91 Å². The van der Waals surface area contributed by atoms with Gasteiger partial charge in [-0.3, -0.25) is 19.2 Å². The monoisotopic (exact) mass is 953 g/mol. The molecule has 3 aliphatic heterocycles. The Bertz CT molecular complexity index is 1770. The predicted octanol–water partition coefficient (Wildman–Crippen LogP) is 8.10. The van der Waals surface area contributed by atoms with Gasteiger partial charge in [-0.15, -0.1) is 0 Å². The van der Waals surface area contributed by atoms with E-state index in [4.69, 9.17) is 29.4 Å². The third-order valence-electron chi connectivity index (χ3n) is 15.6. The summed E-state index contributed by atoms with van der Waals surface area (Å²) in [4.78, 5) is 72.3. The van der Waals surface area contributed by atoms with Crippen molar-refractivity contribution in [1.82, 2.24) is 4.90 Å². The van der Waals surface area contributed by atoms with Crippen LogP contribution in [0, 0.1) is 47.3 Å². The summed E-state index contributed by atoms with van der Waals surface area (Å²) in [6.45, 7) is 16.7. The highest BCUT2D eigenvalue weighted by Crippen LogP contribution is 2.38. The molecule has 3 heterocycles. The Hall–Kier alpha value is -3.33. The van der Waals surface area contributed by atoms with E-state index in [2.05, 4.69) is 19.9 Å². The number of ether oxygens (including phenoxy) is 5. The fraction of sp³-hybridized carbons (Fsp3) is 0.764. The fourth-order valence-electron chi connectivity index (χ4n) is 11.1. The van der Waals surface area contributed by atoms with Crippen molar-refractivity contribution in [3.05, 3.63) is 47.6 Å². The minimum atomic E-state index is -1.04. The van der Waals surface area contributed by atoms with Gasteiger partial charge in [0.05, 0.1) is 38.1 Å². The molecule has 3 N–H and O–H groups in total. The summed E-state index contributed by atoms with van der Waals surface area (Å²) in [7, 11) is 3.23. The summed E-state index contributed by atoms with van der Waals surface area (Å²) < 4.78 is 30.5. The highest BCUT2D eigenvalue weighted by molar-refractivity contribution is 6.38. The van der Waals surface area contributed by atoms with Gasteiger partial charge in [0.1, 0.15) is 24.4 Å². The molecule has 2 bridgehead atoms. The highest BCUT2D eigenvalue weighted by Gasteiger charge is 2.43. The summed E-state index contributed by atoms with van der Waals surface area (Å²) in [5.74, 6) is -2.63. The molecule has 4 aliphatic rings. The molecule has 6 unspecified atom stereocenters. The average molecular weight is 953 g/mol. The van der Waals surface area contributed by atoms with Gasteiger partial charge >= 0.3 is 5.97 Å². The molecule has 0 spiro atoms. The van der Waals surface area contributed by atoms with E-state index < -0.39 is 48.1 Å². The van der Waals surface area contributed by atoms with Crippen LogP contribution in [0.25, 0.3) is 0 Å². The van der Waals surface area contributed by atoms with E-state index in [9.17, 15) is 29.1 Å². The smallest absolute Gasteiger partial charge is 0.329 e. The lowest BCUT2D eigenvalue weighted by Crippen LogP contribution is -2.54. The molecule has 0 aromatic heterocycles. The van der Waals surface area contributed by atoms with E-state index in [0.717, 1.165) is 43.3 Å². The van der Waals surface area contributed by atoms with Gasteiger partial charge in [-0.05, 0) is 126 Å². The Morgan fingerprint density at radius 1 is 0.897 bits per heavy atom. The Balaban J connectivity index is 1.67. The van der Waals surface area contributed by atoms with Crippen molar-refractivity contribution in [1.29, 1.82) is 0 Å². The summed E-state index contributed by atoms with van der Waals surface area (Å²) in [6.07, 6.45) is 17.7. The van der Waals surface area contributed by atoms with E-state index in [1.807, 2.05) is 65.8 Å². The van der Waals surface area contributed by atoms with Gasteiger partial charge in [0, 0.05) is 39.0 Å². The number of carbonyl (C=O) groups excluding carboxylic acids is 5. The van der Waals surface area contributed by atoms with Gasteiger partial charge in [-0.1, -0.05) is 90.0 Å². The molecule has 1 saturated carbocycles. The number of nitrogens with two attached hydrogens (primary N) is 1. The first kappa shape index (κ1) is 57.3. The minimum absolute atomic E-state index is 0.0200. The van der Waals surface area contributed by atoms with Crippen molar-refractivity contribution in [2.24, 2.45) is 53.1 Å². The van der Waals surface area contributed by atoms with E-state index >= 15 is 0 Å². The number of hydrogen-bond acceptors (Lipinski definition) is 12. The van der Waals surface area contributed by atoms with Crippen LogP contribution in [-0.4, -0.2) is 122 Å². The maximum atomic E-state index is 14.5. The second-order valence-electron chi connectivity index (χ2n) is 20.9. The number of aliphatic hydroxyl groups is 1. The molecule has 13 heteroatoms. The lowest BCUT2D eigenvalue weighted by molar-refractivity contribution is -0.167. The Morgan fingerprint density at radius 2 is 1.65 bits per heavy atom. The lowest BCUT2D eigenvalue weighted by atomic mass is 9.74. The molecule has 2 saturated heterocycles. The van der Waals surface area contributed by atoms with E-state index in [0.29, 0.717) is 70.0 Å². The van der Waals surface area contributed by atoms with Crippen molar-refractivity contribution >= 4 is 29.2 Å². The van der Waals surface area contributed by atoms with Gasteiger partial charge in [0.15, 0.2) is 11.6 Å². The van der Waals surface area contributed by atoms with Crippen molar-refractivity contribution in [2.75, 3.05) is 40.6 Å². The second-order valence-corrected chi connectivity index (χ2v) is 20.9. The summed E-state index contributed by atoms with van der Waals surface area (Å²) in [5.41, 5.74) is 8.44. The average Bonchev–Trinajstić information content (AvgIpc) is 3.51. The molecule has 0 radical (unpaired) electrons. The number of hydrogen-bond donors (Lipinski definition) is 2. The van der Waals surface area contributed by atoms with Crippen LogP contribution in [0.2, 0.25) is 0 Å². The first-order valence-corrected chi connectivity index (χ1v) is 25.9. The van der Waals surface area contributed by atoms with Crippen LogP contribution in [0.3, 0.4) is 0 Å². The molecule has 13 nitrogen and oxygen atoms in total. The van der Waals surface area contributed by atoms with Gasteiger partial charge in [-0.25, -0.2) is 4.79 Å². The maximum absolute atomic E-state index is 14.5. The van der Waals surface area contributed by atoms with Crippen molar-refractivity contribution in [3.63, 3.8) is 0 Å². The maximum Gasteiger partial charge on any atom is 0.329 e. The quantitative estimate of drug-likeness (QED) is 0.129. The summed E-state index contributed by atoms with van der Waals surface area (Å²) in [5, 5.41) is 9.40. The van der Waals surface area contributed by atoms with E-state index in [-0.39, 0.29) is 78.9 Å². The largest absolute Gasteiger partial charge is 0.460 e. The predicted molar refractivity (Wildman–Crippen MR) is 264 cm³/mol. The van der Waals surface area contributed by atoms with Crippen LogP contribution in [0.5, 0.6) is 0 Å². The second kappa shape index (κ2) is 28.5. The number of esters is 1. The fourth-order valence-corrected chi connectivity index (χ4v) is 11.1. The third-order valence-corrected chi connectivity index (χ3v) is 15.6. The zero-order chi connectivity index (χ0) is 50.1. The van der Waals surface area contributed by atoms with E-state index in [1.54, 1.807) is 13.2 Å². The van der Waals surface area contributed by atoms with Crippen LogP contribution >= 0.6 is 0 Å². The minimum Gasteiger partial charge on any atom is -0.460 e. The van der Waals surface area contributed by atoms with Crippen LogP contribution < -0.4 is 5.73 Å². The molecule has 0 aromatic rings. The number of amides is 1. The number of fused-ring (bicyclic) bond motifs is 4. The zero-order valence-corrected chi connectivity index (χ0v) is 43.2. The van der Waals surface area contributed by atoms with Crippen LogP contribution in [0.4, 0.5) is 0 Å². The van der Waals surface area contributed by atoms with Gasteiger partial charge in [0.2, 0.25) is 5.78 Å². The van der Waals surface area contributed by atoms with Crippen LogP contribution in [0.15, 0.2) is 47.6 Å². The van der Waals surface area contributed by atoms with Gasteiger partial charge < -0.3 is 39.4 Å². The number of Topliss-reactive ketones (excluding diaryl/α,β-unsaturated/α-hetero) is 3. The zero-order valence-electron chi connectivity index (χ0n) is 43.2. The Morgan fingerprint density at radius 3 is 2.34 bits per heavy atom. The molecular weight excluding hydrogens is 865 g/mol. The normalized spacial score (nSPS) is 38.2. The summed E-state index contributed by atoms with van der Waals surface area (Å²) >= 11 is 0. The number of piperidine rings is 1. The number of cyclic esters (lactones) is 1. The molecule has 1 aliphatic carbocycles. The number of methoxy groups -OCH3 is 2. The standard InChI is InChI=1S/C55H88N2O11/c1-11-43-30-41(22-23-47(43)66-26-25-58)28-38(6)49-32-46(59)44(56)29-37(5)40(8)53(65-10)50(60)39(7)27-34(2)17-13-12-14-18-35(3)48(64-9)31-42-21-20-36(4)52(67-33-42)51(61)54(62)57-24-16-15-19-45(57)55(63)68-49/h12-14,17-18,29,34,36,38-45,47-49,52-53,58H,11,15-16,19-28,30-33,56H2,1-10H3/b14-12+,17-13+,35-18+,37-29+/t34-,36-,38-,39?,40-,41+,42+,43-,44-,45?,47?,48?,49+,52?,53?/m1/s1. The number of rotatable bonds is 9. The topological polar surface area (TPSA) is 181 Å². The lowest BCUT2D eigenvalue weighted by Gasteiger charge is -2.38. The Labute approximate surface area is 408 Å². The number of nitrogens with zero attached hydrogens (tertiary/aromatic N) is 1. The Kier molecular flexibility index (Phi) is 24.0. The first-order chi connectivity index (χ1) is 32.4. The molecule has 4 rings (SSSR count). The number of ketones is 3.